The summed E-state index contributed by atoms with van der Waals surface area (Å²) in [6.45, 7) is 22.0. The van der Waals surface area contributed by atoms with Crippen molar-refractivity contribution in [3.05, 3.63) is 0 Å². The van der Waals surface area contributed by atoms with E-state index in [4.69, 9.17) is 37.9 Å². The average Bonchev–Trinajstić information content (AvgIpc) is 3.12. The number of hydrogen-bond donors (Lipinski definition) is 3. The predicted octanol–water partition coefficient (Wildman–Crippen LogP) is 4.38. The van der Waals surface area contributed by atoms with Crippen LogP contribution in [0.3, 0.4) is 0 Å². The van der Waals surface area contributed by atoms with E-state index in [1.165, 1.54) is 0 Å². The molecule has 18 atom stereocenters. The van der Waals surface area contributed by atoms with Crippen LogP contribution in [0, 0.1) is 17.8 Å². The molecule has 3 aliphatic rings. The summed E-state index contributed by atoms with van der Waals surface area (Å²) in [5, 5.41) is 36.5. The fourth-order valence-electron chi connectivity index (χ4n) is 9.81. The second-order valence-electron chi connectivity index (χ2n) is 18.6. The molecule has 336 valence electrons. The van der Waals surface area contributed by atoms with Crippen LogP contribution in [0.1, 0.15) is 115 Å². The van der Waals surface area contributed by atoms with E-state index >= 15 is 0 Å². The Bertz CT molecular complexity index is 1220. The summed E-state index contributed by atoms with van der Waals surface area (Å²) in [6, 6.07) is -0.541. The van der Waals surface area contributed by atoms with Gasteiger partial charge in [-0.15, -0.1) is 0 Å². The number of aliphatic hydroxyl groups is 3. The zero-order valence-corrected chi connectivity index (χ0v) is 38.2. The number of unbranched alkanes of at least 4 members (excludes halogenated alkanes) is 1. The third-order valence-corrected chi connectivity index (χ3v) is 13.2. The molecule has 0 unspecified atom stereocenters. The van der Waals surface area contributed by atoms with Gasteiger partial charge < -0.3 is 63.0 Å². The van der Waals surface area contributed by atoms with Crippen molar-refractivity contribution in [1.29, 1.82) is 0 Å². The SMILES string of the molecule is CCCCO[C@H]1[C@H](C)O[C@@H](O[C@H]2[C@H](C)[C@@H](O[C@@H]3O[C@H](C)C[C@H](N(C)C)[C@H]3O)[C@](C)(O)C[C@@H](C)CN(C)[C@H](C)[C@@H](OC)[C@](C)(O)[C@@H](CC)OC(=O)[C@@H]2C)C[C@@]1(C)OC. The molecule has 3 N–H and O–H groups in total. The van der Waals surface area contributed by atoms with Crippen molar-refractivity contribution in [2.45, 2.75) is 205 Å². The molecule has 3 heterocycles. The minimum absolute atomic E-state index is 0.0739. The van der Waals surface area contributed by atoms with Gasteiger partial charge in [0.2, 0.25) is 0 Å². The Labute approximate surface area is 344 Å². The number of cyclic esters (lactones) is 1. The van der Waals surface area contributed by atoms with Gasteiger partial charge in [0, 0.05) is 51.8 Å². The standard InChI is InChI=1S/C43H82N2O12/c1-17-19-20-52-38-30(8)54-33(23-42(38,10)51-16)56-35-27(5)36(57-40-34(46)31(44(12)13)21-26(4)53-40)41(9,48)22-25(3)24-45(14)29(7)37(50-15)43(11,49)32(18-2)55-39(47)28(35)6/h25-38,40,46,48-49H,17-24H2,1-16H3/t25-,26-,27+,28-,29-,30+,31+,32-,33+,34-,35+,36-,37-,38+,40+,41-,42-,43-/m1/s1. The maximum absolute atomic E-state index is 14.5. The highest BCUT2D eigenvalue weighted by atomic mass is 16.7. The van der Waals surface area contributed by atoms with E-state index in [9.17, 15) is 20.1 Å². The number of ether oxygens (including phenoxy) is 8. The van der Waals surface area contributed by atoms with E-state index < -0.39 is 83.8 Å². The van der Waals surface area contributed by atoms with Gasteiger partial charge in [0.05, 0.1) is 41.5 Å². The second kappa shape index (κ2) is 21.2. The Morgan fingerprint density at radius 2 is 1.58 bits per heavy atom. The Balaban J connectivity index is 2.18. The van der Waals surface area contributed by atoms with Gasteiger partial charge in [-0.2, -0.15) is 0 Å². The number of carbonyl (C=O) groups is 1. The molecular weight excluding hydrogens is 736 g/mol. The summed E-state index contributed by atoms with van der Waals surface area (Å²) in [4.78, 5) is 18.5. The molecule has 0 bridgehead atoms. The lowest BCUT2D eigenvalue weighted by Gasteiger charge is -2.49. The van der Waals surface area contributed by atoms with Gasteiger partial charge in [-0.25, -0.2) is 0 Å². The number of methoxy groups -OCH3 is 2. The first-order valence-electron chi connectivity index (χ1n) is 21.5. The van der Waals surface area contributed by atoms with Gasteiger partial charge >= 0.3 is 5.97 Å². The maximum atomic E-state index is 14.5. The summed E-state index contributed by atoms with van der Waals surface area (Å²) in [6.07, 6.45) is -4.11. The topological polar surface area (TPSA) is 158 Å². The molecule has 0 aromatic rings. The van der Waals surface area contributed by atoms with Crippen LogP contribution in [0.25, 0.3) is 0 Å². The van der Waals surface area contributed by atoms with Gasteiger partial charge in [-0.3, -0.25) is 4.79 Å². The monoisotopic (exact) mass is 819 g/mol. The molecule has 3 aliphatic heterocycles. The van der Waals surface area contributed by atoms with Gasteiger partial charge in [-0.1, -0.05) is 34.1 Å². The maximum Gasteiger partial charge on any atom is 0.311 e. The lowest BCUT2D eigenvalue weighted by molar-refractivity contribution is -0.320. The van der Waals surface area contributed by atoms with Crippen molar-refractivity contribution >= 4 is 5.97 Å². The largest absolute Gasteiger partial charge is 0.459 e. The van der Waals surface area contributed by atoms with Crippen LogP contribution in [0.2, 0.25) is 0 Å². The average molecular weight is 819 g/mol. The highest BCUT2D eigenvalue weighted by Crippen LogP contribution is 2.41. The lowest BCUT2D eigenvalue weighted by Crippen LogP contribution is -2.61. The summed E-state index contributed by atoms with van der Waals surface area (Å²) >= 11 is 0. The van der Waals surface area contributed by atoms with Crippen molar-refractivity contribution in [3.8, 4) is 0 Å². The Kier molecular flexibility index (Phi) is 18.7. The number of esters is 1. The molecular formula is C43H82N2O12. The fraction of sp³-hybridized carbons (Fsp3) is 0.977. The van der Waals surface area contributed by atoms with Gasteiger partial charge in [0.1, 0.15) is 30.0 Å². The first-order valence-corrected chi connectivity index (χ1v) is 21.5. The highest BCUT2D eigenvalue weighted by Gasteiger charge is 2.53. The van der Waals surface area contributed by atoms with Crippen molar-refractivity contribution < 1.29 is 58.0 Å². The van der Waals surface area contributed by atoms with Crippen LogP contribution >= 0.6 is 0 Å². The van der Waals surface area contributed by atoms with Crippen LogP contribution in [0.4, 0.5) is 0 Å². The zero-order chi connectivity index (χ0) is 43.2. The van der Waals surface area contributed by atoms with Gasteiger partial charge in [0.15, 0.2) is 12.6 Å². The third kappa shape index (κ3) is 12.1. The van der Waals surface area contributed by atoms with Crippen molar-refractivity contribution in [1.82, 2.24) is 9.80 Å². The minimum atomic E-state index is -1.56. The third-order valence-electron chi connectivity index (χ3n) is 13.2. The van der Waals surface area contributed by atoms with Crippen LogP contribution in [-0.2, 0) is 42.7 Å². The number of nitrogens with zero attached hydrogens (tertiary/aromatic N) is 2. The summed E-state index contributed by atoms with van der Waals surface area (Å²) in [7, 11) is 8.99. The van der Waals surface area contributed by atoms with Crippen molar-refractivity contribution in [3.63, 3.8) is 0 Å². The number of carbonyl (C=O) groups excluding carboxylic acids is 1. The normalized spacial score (nSPS) is 46.3. The van der Waals surface area contributed by atoms with E-state index in [1.807, 2.05) is 67.6 Å². The molecule has 0 saturated carbocycles. The van der Waals surface area contributed by atoms with Gasteiger partial charge in [-0.05, 0) is 101 Å². The fourth-order valence-corrected chi connectivity index (χ4v) is 9.81. The zero-order valence-electron chi connectivity index (χ0n) is 38.2. The van der Waals surface area contributed by atoms with E-state index in [0.717, 1.165) is 12.8 Å². The molecule has 57 heavy (non-hydrogen) atoms. The van der Waals surface area contributed by atoms with Crippen LogP contribution in [-0.4, -0.2) is 170 Å². The van der Waals surface area contributed by atoms with Crippen LogP contribution in [0.15, 0.2) is 0 Å². The van der Waals surface area contributed by atoms with E-state index in [2.05, 4.69) is 18.7 Å². The first kappa shape index (κ1) is 50.3. The number of hydrogen-bond acceptors (Lipinski definition) is 14. The Hall–Kier alpha value is -1.01. The van der Waals surface area contributed by atoms with E-state index in [0.29, 0.717) is 38.8 Å². The van der Waals surface area contributed by atoms with E-state index in [1.54, 1.807) is 35.0 Å². The minimum Gasteiger partial charge on any atom is -0.459 e. The van der Waals surface area contributed by atoms with Gasteiger partial charge in [0.25, 0.3) is 0 Å². The molecule has 0 radical (unpaired) electrons. The summed E-state index contributed by atoms with van der Waals surface area (Å²) in [5.41, 5.74) is -3.84. The first-order chi connectivity index (χ1) is 26.5. The molecule has 14 nitrogen and oxygen atoms in total. The molecule has 3 rings (SSSR count). The molecule has 3 fully saturated rings. The molecule has 0 aromatic heterocycles. The van der Waals surface area contributed by atoms with Crippen LogP contribution in [0.5, 0.6) is 0 Å². The van der Waals surface area contributed by atoms with Crippen molar-refractivity contribution in [2.75, 3.05) is 48.5 Å². The Morgan fingerprint density at radius 3 is 2.14 bits per heavy atom. The van der Waals surface area contributed by atoms with Crippen molar-refractivity contribution in [2.24, 2.45) is 17.8 Å². The predicted molar refractivity (Wildman–Crippen MR) is 218 cm³/mol. The molecule has 0 spiro atoms. The second-order valence-corrected chi connectivity index (χ2v) is 18.6. The Morgan fingerprint density at radius 1 is 0.930 bits per heavy atom. The van der Waals surface area contributed by atoms with E-state index in [-0.39, 0.29) is 30.2 Å². The molecule has 14 heteroatoms. The number of likely N-dealkylation sites (N-methyl/N-ethyl adjacent to an activating group) is 2. The number of rotatable bonds is 12. The molecule has 0 amide bonds. The molecule has 3 saturated heterocycles. The summed E-state index contributed by atoms with van der Waals surface area (Å²) < 4.78 is 51.2. The lowest BCUT2D eigenvalue weighted by atomic mass is 9.77. The number of aliphatic hydroxyl groups excluding tert-OH is 1. The molecule has 0 aliphatic carbocycles. The molecule has 0 aromatic carbocycles. The quantitative estimate of drug-likeness (QED) is 0.188. The highest BCUT2D eigenvalue weighted by molar-refractivity contribution is 5.73. The summed E-state index contributed by atoms with van der Waals surface area (Å²) in [5.74, 6) is -2.30. The van der Waals surface area contributed by atoms with Crippen LogP contribution < -0.4 is 0 Å². The smallest absolute Gasteiger partial charge is 0.311 e.